The monoisotopic (exact) mass is 354 g/mol. The maximum atomic E-state index is 12.4. The number of pyridine rings is 1. The van der Waals surface area contributed by atoms with Gasteiger partial charge in [0.05, 0.1) is 6.20 Å². The van der Waals surface area contributed by atoms with E-state index in [1.807, 2.05) is 25.1 Å². The molecule has 6 heteroatoms. The number of amides is 1. The minimum atomic E-state index is -0.989. The Morgan fingerprint density at radius 1 is 1.31 bits per heavy atom. The fourth-order valence-electron chi connectivity index (χ4n) is 2.66. The summed E-state index contributed by atoms with van der Waals surface area (Å²) in [6.07, 6.45) is 4.23. The van der Waals surface area contributed by atoms with E-state index in [1.54, 1.807) is 24.4 Å². The molecule has 1 unspecified atom stereocenters. The van der Waals surface area contributed by atoms with Gasteiger partial charge in [-0.05, 0) is 49.1 Å². The number of ether oxygens (including phenoxy) is 1. The molecule has 2 aromatic rings. The van der Waals surface area contributed by atoms with Crippen molar-refractivity contribution in [3.8, 4) is 5.75 Å². The molecule has 0 spiro atoms. The molecule has 2 N–H and O–H groups in total. The number of hydrogen-bond acceptors (Lipinski definition) is 4. The summed E-state index contributed by atoms with van der Waals surface area (Å²) in [4.78, 5) is 27.9. The third kappa shape index (κ3) is 5.05. The highest BCUT2D eigenvalue weighted by Gasteiger charge is 2.30. The van der Waals surface area contributed by atoms with Crippen molar-refractivity contribution in [2.75, 3.05) is 0 Å². The van der Waals surface area contributed by atoms with E-state index >= 15 is 0 Å². The zero-order chi connectivity index (χ0) is 18.5. The number of carbonyl (C=O) groups excluding carboxylic acids is 1. The molecule has 1 aliphatic rings. The van der Waals surface area contributed by atoms with E-state index < -0.39 is 12.0 Å². The lowest BCUT2D eigenvalue weighted by Gasteiger charge is -2.14. The smallest absolute Gasteiger partial charge is 0.326 e. The maximum absolute atomic E-state index is 12.4. The van der Waals surface area contributed by atoms with E-state index in [1.165, 1.54) is 0 Å². The van der Waals surface area contributed by atoms with Gasteiger partial charge in [-0.1, -0.05) is 25.0 Å². The molecule has 26 heavy (non-hydrogen) atoms. The molecule has 0 saturated heterocycles. The van der Waals surface area contributed by atoms with Crippen LogP contribution in [0, 0.1) is 12.8 Å². The van der Waals surface area contributed by atoms with Crippen LogP contribution in [0.15, 0.2) is 42.6 Å². The van der Waals surface area contributed by atoms with Crippen molar-refractivity contribution in [1.82, 2.24) is 10.3 Å². The van der Waals surface area contributed by atoms with E-state index in [-0.39, 0.29) is 5.91 Å². The van der Waals surface area contributed by atoms with Crippen molar-refractivity contribution < 1.29 is 19.4 Å². The van der Waals surface area contributed by atoms with Crippen molar-refractivity contribution in [2.24, 2.45) is 5.92 Å². The van der Waals surface area contributed by atoms with Crippen LogP contribution in [0.5, 0.6) is 5.75 Å². The normalized spacial score (nSPS) is 14.5. The van der Waals surface area contributed by atoms with Gasteiger partial charge in [-0.15, -0.1) is 0 Å². The lowest BCUT2D eigenvalue weighted by atomic mass is 10.1. The van der Waals surface area contributed by atoms with Crippen LogP contribution >= 0.6 is 0 Å². The summed E-state index contributed by atoms with van der Waals surface area (Å²) in [5.74, 6) is -0.298. The largest absolute Gasteiger partial charge is 0.487 e. The summed E-state index contributed by atoms with van der Waals surface area (Å²) >= 11 is 0. The summed E-state index contributed by atoms with van der Waals surface area (Å²) in [7, 11) is 0. The van der Waals surface area contributed by atoms with Crippen molar-refractivity contribution in [1.29, 1.82) is 0 Å². The average Bonchev–Trinajstić information content (AvgIpc) is 3.45. The van der Waals surface area contributed by atoms with Gasteiger partial charge in [-0.25, -0.2) is 4.79 Å². The van der Waals surface area contributed by atoms with Gasteiger partial charge >= 0.3 is 5.97 Å². The Balaban J connectivity index is 1.60. The lowest BCUT2D eigenvalue weighted by molar-refractivity contribution is -0.139. The summed E-state index contributed by atoms with van der Waals surface area (Å²) < 4.78 is 5.67. The first-order valence-corrected chi connectivity index (χ1v) is 8.69. The van der Waals surface area contributed by atoms with E-state index in [4.69, 9.17) is 4.74 Å². The van der Waals surface area contributed by atoms with Crippen molar-refractivity contribution in [3.63, 3.8) is 0 Å². The molecule has 1 heterocycles. The van der Waals surface area contributed by atoms with Crippen molar-refractivity contribution in [2.45, 2.75) is 38.8 Å². The molecule has 0 aliphatic heterocycles. The molecular weight excluding hydrogens is 332 g/mol. The van der Waals surface area contributed by atoms with E-state index in [9.17, 15) is 14.7 Å². The number of aliphatic carboxylic acids is 1. The van der Waals surface area contributed by atoms with Crippen LogP contribution < -0.4 is 10.1 Å². The Bertz CT molecular complexity index is 785. The van der Waals surface area contributed by atoms with E-state index in [0.717, 1.165) is 24.1 Å². The van der Waals surface area contributed by atoms with Crippen molar-refractivity contribution in [3.05, 3.63) is 59.4 Å². The third-order valence-corrected chi connectivity index (χ3v) is 4.35. The summed E-state index contributed by atoms with van der Waals surface area (Å²) in [5.41, 5.74) is 2.16. The molecule has 1 aromatic heterocycles. The standard InChI is InChI=1S/C20H22N2O4/c1-13-5-8-17(11-21-13)26-12-15-3-2-4-16(9-15)19(23)22-18(20(24)25)10-14-6-7-14/h2-5,8-9,11,14,18H,6-7,10,12H2,1H3,(H,22,23)(H,24,25). The van der Waals surface area contributed by atoms with Crippen LogP contribution in [0.25, 0.3) is 0 Å². The molecule has 1 fully saturated rings. The summed E-state index contributed by atoms with van der Waals surface area (Å²) in [6, 6.07) is 9.87. The zero-order valence-corrected chi connectivity index (χ0v) is 14.6. The number of aromatic nitrogens is 1. The molecule has 0 radical (unpaired) electrons. The van der Waals surface area contributed by atoms with Gasteiger partial charge in [0.25, 0.3) is 5.91 Å². The predicted octanol–water partition coefficient (Wildman–Crippen LogP) is 2.95. The topological polar surface area (TPSA) is 88.5 Å². The van der Waals surface area contributed by atoms with E-state index in [2.05, 4.69) is 10.3 Å². The van der Waals surface area contributed by atoms with Crippen LogP contribution in [0.3, 0.4) is 0 Å². The van der Waals surface area contributed by atoms with Gasteiger partial charge in [-0.2, -0.15) is 0 Å². The first-order chi connectivity index (χ1) is 12.5. The molecule has 1 atom stereocenters. The molecule has 1 amide bonds. The molecule has 3 rings (SSSR count). The number of carbonyl (C=O) groups is 2. The van der Waals surface area contributed by atoms with Gasteiger partial charge in [0, 0.05) is 11.3 Å². The zero-order valence-electron chi connectivity index (χ0n) is 14.6. The van der Waals surface area contributed by atoms with Crippen LogP contribution in [0.1, 0.15) is 40.9 Å². The second-order valence-electron chi connectivity index (χ2n) is 6.67. The molecule has 1 saturated carbocycles. The van der Waals surface area contributed by atoms with Crippen LogP contribution in [-0.4, -0.2) is 28.0 Å². The molecule has 136 valence electrons. The van der Waals surface area contributed by atoms with E-state index in [0.29, 0.717) is 30.3 Å². The minimum absolute atomic E-state index is 0.302. The Kier molecular flexibility index (Phi) is 5.51. The highest BCUT2D eigenvalue weighted by molar-refractivity contribution is 5.96. The second-order valence-corrected chi connectivity index (χ2v) is 6.67. The number of rotatable bonds is 8. The van der Waals surface area contributed by atoms with Crippen molar-refractivity contribution >= 4 is 11.9 Å². The number of benzene rings is 1. The van der Waals surface area contributed by atoms with Crippen LogP contribution in [0.4, 0.5) is 0 Å². The van der Waals surface area contributed by atoms with Gasteiger partial charge in [0.2, 0.25) is 0 Å². The number of nitrogens with zero attached hydrogens (tertiary/aromatic N) is 1. The highest BCUT2D eigenvalue weighted by atomic mass is 16.5. The quantitative estimate of drug-likeness (QED) is 0.761. The Morgan fingerprint density at radius 3 is 2.77 bits per heavy atom. The minimum Gasteiger partial charge on any atom is -0.487 e. The van der Waals surface area contributed by atoms with Gasteiger partial charge in [-0.3, -0.25) is 9.78 Å². The summed E-state index contributed by atoms with van der Waals surface area (Å²) in [6.45, 7) is 2.20. The molecule has 1 aromatic carbocycles. The fourth-order valence-corrected chi connectivity index (χ4v) is 2.66. The Labute approximate surface area is 152 Å². The predicted molar refractivity (Wildman–Crippen MR) is 96.0 cm³/mol. The average molecular weight is 354 g/mol. The number of carboxylic acids is 1. The summed E-state index contributed by atoms with van der Waals surface area (Å²) in [5, 5.41) is 11.9. The SMILES string of the molecule is Cc1ccc(OCc2cccc(C(=O)NC(CC3CC3)C(=O)O)c2)cn1. The third-order valence-electron chi connectivity index (χ3n) is 4.35. The first-order valence-electron chi connectivity index (χ1n) is 8.69. The first kappa shape index (κ1) is 17.9. The molecular formula is C20H22N2O4. The number of nitrogens with one attached hydrogen (secondary N) is 1. The van der Waals surface area contributed by atoms with Gasteiger partial charge in [0.15, 0.2) is 0 Å². The van der Waals surface area contributed by atoms with Crippen LogP contribution in [0.2, 0.25) is 0 Å². The molecule has 0 bridgehead atoms. The second kappa shape index (κ2) is 7.99. The van der Waals surface area contributed by atoms with Gasteiger partial charge < -0.3 is 15.2 Å². The number of hydrogen-bond donors (Lipinski definition) is 2. The number of aryl methyl sites for hydroxylation is 1. The molecule has 1 aliphatic carbocycles. The van der Waals surface area contributed by atoms with Gasteiger partial charge in [0.1, 0.15) is 18.4 Å². The van der Waals surface area contributed by atoms with Crippen LogP contribution in [-0.2, 0) is 11.4 Å². The highest BCUT2D eigenvalue weighted by Crippen LogP contribution is 2.33. The lowest BCUT2D eigenvalue weighted by Crippen LogP contribution is -2.41. The Morgan fingerprint density at radius 2 is 2.12 bits per heavy atom. The Hall–Kier alpha value is -2.89. The molecule has 6 nitrogen and oxygen atoms in total. The maximum Gasteiger partial charge on any atom is 0.326 e. The fraction of sp³-hybridized carbons (Fsp3) is 0.350. The number of carboxylic acid groups (broad SMARTS) is 1.